The number of carboxylic acids is 1. The predicted octanol–water partition coefficient (Wildman–Crippen LogP) is 1.79. The van der Waals surface area contributed by atoms with Gasteiger partial charge in [0.05, 0.1) is 12.1 Å². The summed E-state index contributed by atoms with van der Waals surface area (Å²) in [5.41, 5.74) is 0. The van der Waals surface area contributed by atoms with Crippen LogP contribution in [0.4, 0.5) is 4.79 Å². The first-order valence-electron chi connectivity index (χ1n) is 7.84. The molecule has 2 fully saturated rings. The van der Waals surface area contributed by atoms with E-state index in [-0.39, 0.29) is 24.6 Å². The van der Waals surface area contributed by atoms with Crippen LogP contribution in [0.3, 0.4) is 0 Å². The molecule has 2 aliphatic rings. The monoisotopic (exact) mass is 298 g/mol. The number of hydrogen-bond donors (Lipinski definition) is 1. The second kappa shape index (κ2) is 7.11. The Hall–Kier alpha value is -1.30. The highest BCUT2D eigenvalue weighted by Gasteiger charge is 2.34. The molecule has 0 radical (unpaired) electrons. The standard InChI is InChI=1S/C15H26N2O4/c1-11-13(7-9-21-11)16(2)15(20)17-8-3-4-12(10-17)5-6-14(18)19/h11-13H,3-10H2,1-2H3,(H,18,19). The van der Waals surface area contributed by atoms with Crippen LogP contribution in [-0.2, 0) is 9.53 Å². The summed E-state index contributed by atoms with van der Waals surface area (Å²) in [6.07, 6.45) is 3.80. The molecule has 6 heteroatoms. The zero-order valence-electron chi connectivity index (χ0n) is 13.0. The molecule has 0 aromatic rings. The maximum atomic E-state index is 12.6. The van der Waals surface area contributed by atoms with Gasteiger partial charge in [-0.3, -0.25) is 4.79 Å². The maximum Gasteiger partial charge on any atom is 0.320 e. The Bertz CT molecular complexity index is 388. The van der Waals surface area contributed by atoms with Crippen molar-refractivity contribution in [2.24, 2.45) is 5.92 Å². The summed E-state index contributed by atoms with van der Waals surface area (Å²) < 4.78 is 5.53. The van der Waals surface area contributed by atoms with Crippen molar-refractivity contribution >= 4 is 12.0 Å². The second-order valence-corrected chi connectivity index (χ2v) is 6.21. The predicted molar refractivity (Wildman–Crippen MR) is 78.1 cm³/mol. The fourth-order valence-corrected chi connectivity index (χ4v) is 3.40. The van der Waals surface area contributed by atoms with E-state index in [2.05, 4.69) is 0 Å². The van der Waals surface area contributed by atoms with Crippen LogP contribution in [0.1, 0.15) is 39.0 Å². The third-order valence-electron chi connectivity index (χ3n) is 4.69. The molecule has 21 heavy (non-hydrogen) atoms. The molecule has 120 valence electrons. The minimum Gasteiger partial charge on any atom is -0.481 e. The van der Waals surface area contributed by atoms with Crippen LogP contribution in [0.25, 0.3) is 0 Å². The molecule has 0 aromatic heterocycles. The van der Waals surface area contributed by atoms with E-state index in [4.69, 9.17) is 9.84 Å². The van der Waals surface area contributed by atoms with Crippen LogP contribution in [-0.4, -0.2) is 65.8 Å². The molecule has 2 aliphatic heterocycles. The number of likely N-dealkylation sites (tertiary alicyclic amines) is 1. The molecular formula is C15H26N2O4. The zero-order chi connectivity index (χ0) is 15.4. The molecular weight excluding hydrogens is 272 g/mol. The fourth-order valence-electron chi connectivity index (χ4n) is 3.40. The number of amides is 2. The zero-order valence-corrected chi connectivity index (χ0v) is 13.0. The van der Waals surface area contributed by atoms with Crippen LogP contribution >= 0.6 is 0 Å². The number of carbonyl (C=O) groups is 2. The topological polar surface area (TPSA) is 70.1 Å². The van der Waals surface area contributed by atoms with E-state index in [1.54, 1.807) is 4.90 Å². The number of hydrogen-bond acceptors (Lipinski definition) is 3. The molecule has 0 bridgehead atoms. The second-order valence-electron chi connectivity index (χ2n) is 6.21. The molecule has 3 atom stereocenters. The van der Waals surface area contributed by atoms with Gasteiger partial charge in [-0.2, -0.15) is 0 Å². The lowest BCUT2D eigenvalue weighted by atomic mass is 9.93. The maximum absolute atomic E-state index is 12.6. The lowest BCUT2D eigenvalue weighted by Crippen LogP contribution is -2.51. The first kappa shape index (κ1) is 16.1. The number of nitrogens with zero attached hydrogens (tertiary/aromatic N) is 2. The number of piperidine rings is 1. The summed E-state index contributed by atoms with van der Waals surface area (Å²) in [5, 5.41) is 8.78. The third kappa shape index (κ3) is 4.09. The summed E-state index contributed by atoms with van der Waals surface area (Å²) in [5.74, 6) is -0.447. The minimum absolute atomic E-state index is 0.0531. The summed E-state index contributed by atoms with van der Waals surface area (Å²) >= 11 is 0. The number of carbonyl (C=O) groups excluding carboxylic acids is 1. The van der Waals surface area contributed by atoms with Crippen LogP contribution in [0.5, 0.6) is 0 Å². The van der Waals surface area contributed by atoms with Crippen molar-refractivity contribution in [1.29, 1.82) is 0 Å². The van der Waals surface area contributed by atoms with E-state index >= 15 is 0 Å². The van der Waals surface area contributed by atoms with Gasteiger partial charge in [0.25, 0.3) is 0 Å². The highest BCUT2D eigenvalue weighted by Crippen LogP contribution is 2.24. The smallest absolute Gasteiger partial charge is 0.320 e. The number of ether oxygens (including phenoxy) is 1. The van der Waals surface area contributed by atoms with E-state index < -0.39 is 5.97 Å². The van der Waals surface area contributed by atoms with Gasteiger partial charge in [0, 0.05) is 33.2 Å². The van der Waals surface area contributed by atoms with E-state index in [9.17, 15) is 9.59 Å². The van der Waals surface area contributed by atoms with E-state index in [1.807, 2.05) is 18.9 Å². The van der Waals surface area contributed by atoms with Crippen molar-refractivity contribution in [1.82, 2.24) is 9.80 Å². The Labute approximate surface area is 126 Å². The molecule has 2 heterocycles. The lowest BCUT2D eigenvalue weighted by molar-refractivity contribution is -0.137. The van der Waals surface area contributed by atoms with Crippen LogP contribution in [0.2, 0.25) is 0 Å². The van der Waals surface area contributed by atoms with Gasteiger partial charge in [-0.25, -0.2) is 4.79 Å². The summed E-state index contributed by atoms with van der Waals surface area (Å²) in [7, 11) is 1.85. The number of carboxylic acid groups (broad SMARTS) is 1. The van der Waals surface area contributed by atoms with Gasteiger partial charge in [-0.1, -0.05) is 0 Å². The van der Waals surface area contributed by atoms with Gasteiger partial charge in [0.1, 0.15) is 0 Å². The van der Waals surface area contributed by atoms with Gasteiger partial charge >= 0.3 is 12.0 Å². The Morgan fingerprint density at radius 3 is 2.76 bits per heavy atom. The molecule has 2 amide bonds. The van der Waals surface area contributed by atoms with Gasteiger partial charge < -0.3 is 19.6 Å². The molecule has 0 aromatic carbocycles. The van der Waals surface area contributed by atoms with Gasteiger partial charge in [0.15, 0.2) is 0 Å². The Morgan fingerprint density at radius 1 is 1.38 bits per heavy atom. The normalized spacial score (nSPS) is 29.4. The molecule has 3 unspecified atom stereocenters. The van der Waals surface area contributed by atoms with Crippen molar-refractivity contribution in [2.75, 3.05) is 26.7 Å². The SMILES string of the molecule is CC1OCCC1N(C)C(=O)N1CCCC(CCC(=O)O)C1. The molecule has 1 N–H and O–H groups in total. The highest BCUT2D eigenvalue weighted by atomic mass is 16.5. The summed E-state index contributed by atoms with van der Waals surface area (Å²) in [6.45, 7) is 4.17. The Morgan fingerprint density at radius 2 is 2.14 bits per heavy atom. The third-order valence-corrected chi connectivity index (χ3v) is 4.69. The molecule has 0 aliphatic carbocycles. The van der Waals surface area contributed by atoms with E-state index in [0.29, 0.717) is 25.5 Å². The molecule has 2 rings (SSSR count). The summed E-state index contributed by atoms with van der Waals surface area (Å²) in [4.78, 5) is 26.9. The molecule has 0 spiro atoms. The first-order valence-corrected chi connectivity index (χ1v) is 7.84. The number of likely N-dealkylation sites (N-methyl/N-ethyl adjacent to an activating group) is 1. The minimum atomic E-state index is -0.757. The quantitative estimate of drug-likeness (QED) is 0.859. The lowest BCUT2D eigenvalue weighted by Gasteiger charge is -2.37. The largest absolute Gasteiger partial charge is 0.481 e. The molecule has 6 nitrogen and oxygen atoms in total. The first-order chi connectivity index (χ1) is 9.99. The summed E-state index contributed by atoms with van der Waals surface area (Å²) in [6, 6.07) is 0.203. The van der Waals surface area contributed by atoms with Gasteiger partial charge in [-0.15, -0.1) is 0 Å². The fraction of sp³-hybridized carbons (Fsp3) is 0.867. The van der Waals surface area contributed by atoms with Gasteiger partial charge in [0.2, 0.25) is 0 Å². The van der Waals surface area contributed by atoms with Crippen molar-refractivity contribution in [2.45, 2.75) is 51.2 Å². The van der Waals surface area contributed by atoms with Crippen LogP contribution < -0.4 is 0 Å². The Balaban J connectivity index is 1.87. The van der Waals surface area contributed by atoms with Crippen LogP contribution in [0, 0.1) is 5.92 Å². The average molecular weight is 298 g/mol. The highest BCUT2D eigenvalue weighted by molar-refractivity contribution is 5.74. The van der Waals surface area contributed by atoms with Gasteiger partial charge in [-0.05, 0) is 38.5 Å². The van der Waals surface area contributed by atoms with E-state index in [1.165, 1.54) is 0 Å². The van der Waals surface area contributed by atoms with E-state index in [0.717, 1.165) is 25.8 Å². The molecule has 0 saturated carbocycles. The van der Waals surface area contributed by atoms with Crippen molar-refractivity contribution in [3.63, 3.8) is 0 Å². The molecule has 2 saturated heterocycles. The number of rotatable bonds is 4. The van der Waals surface area contributed by atoms with Crippen molar-refractivity contribution < 1.29 is 19.4 Å². The van der Waals surface area contributed by atoms with Crippen LogP contribution in [0.15, 0.2) is 0 Å². The number of aliphatic carboxylic acids is 1. The van der Waals surface area contributed by atoms with Crippen molar-refractivity contribution in [3.05, 3.63) is 0 Å². The Kier molecular flexibility index (Phi) is 5.45. The van der Waals surface area contributed by atoms with Crippen molar-refractivity contribution in [3.8, 4) is 0 Å². The average Bonchev–Trinajstić information content (AvgIpc) is 2.90. The number of urea groups is 1.